The number of aryl methyl sites for hydroxylation is 2. The van der Waals surface area contributed by atoms with E-state index in [2.05, 4.69) is 5.10 Å². The van der Waals surface area contributed by atoms with Gasteiger partial charge in [0.2, 0.25) is 0 Å². The van der Waals surface area contributed by atoms with Gasteiger partial charge in [-0.25, -0.2) is 0 Å². The Morgan fingerprint density at radius 3 is 2.64 bits per heavy atom. The van der Waals surface area contributed by atoms with Crippen LogP contribution >= 0.6 is 0 Å². The molecule has 25 heavy (non-hydrogen) atoms. The summed E-state index contributed by atoms with van der Waals surface area (Å²) in [5, 5.41) is 14.2. The SMILES string of the molecule is Cc1ccc2c(c1)C(C(=O)O)C(c1cnn(C)c1)N(CC(C)C)C2=O. The fourth-order valence-electron chi connectivity index (χ4n) is 3.59. The van der Waals surface area contributed by atoms with Crippen LogP contribution in [-0.4, -0.2) is 38.2 Å². The molecule has 1 aliphatic rings. The lowest BCUT2D eigenvalue weighted by Gasteiger charge is -2.41. The van der Waals surface area contributed by atoms with E-state index in [1.807, 2.05) is 32.9 Å². The minimum absolute atomic E-state index is 0.116. The van der Waals surface area contributed by atoms with Gasteiger partial charge in [-0.15, -0.1) is 0 Å². The van der Waals surface area contributed by atoms with Gasteiger partial charge in [-0.1, -0.05) is 31.5 Å². The molecule has 0 spiro atoms. The number of carbonyl (C=O) groups is 2. The Hall–Kier alpha value is -2.63. The van der Waals surface area contributed by atoms with Crippen molar-refractivity contribution in [3.63, 3.8) is 0 Å². The molecule has 0 aliphatic carbocycles. The van der Waals surface area contributed by atoms with Crippen LogP contribution in [0.5, 0.6) is 0 Å². The fraction of sp³-hybridized carbons (Fsp3) is 0.421. The fourth-order valence-corrected chi connectivity index (χ4v) is 3.59. The van der Waals surface area contributed by atoms with Gasteiger partial charge >= 0.3 is 5.97 Å². The van der Waals surface area contributed by atoms with Crippen molar-refractivity contribution in [1.29, 1.82) is 0 Å². The second kappa shape index (κ2) is 6.35. The van der Waals surface area contributed by atoms with Gasteiger partial charge in [-0.3, -0.25) is 14.3 Å². The quantitative estimate of drug-likeness (QED) is 0.928. The van der Waals surface area contributed by atoms with Gasteiger partial charge < -0.3 is 10.0 Å². The van der Waals surface area contributed by atoms with Crippen molar-refractivity contribution in [2.75, 3.05) is 6.54 Å². The summed E-state index contributed by atoms with van der Waals surface area (Å²) in [5.74, 6) is -1.63. The third-order valence-corrected chi connectivity index (χ3v) is 4.58. The second-order valence-electron chi connectivity index (χ2n) is 7.15. The number of aromatic nitrogens is 2. The number of amides is 1. The summed E-state index contributed by atoms with van der Waals surface area (Å²) in [4.78, 5) is 27.0. The Labute approximate surface area is 147 Å². The molecule has 0 saturated heterocycles. The van der Waals surface area contributed by atoms with Crippen LogP contribution in [0.4, 0.5) is 0 Å². The van der Waals surface area contributed by atoms with Crippen molar-refractivity contribution in [3.05, 3.63) is 52.8 Å². The number of carboxylic acid groups (broad SMARTS) is 1. The maximum absolute atomic E-state index is 13.1. The lowest BCUT2D eigenvalue weighted by atomic mass is 9.79. The molecule has 2 heterocycles. The molecule has 1 amide bonds. The van der Waals surface area contributed by atoms with E-state index < -0.39 is 17.9 Å². The van der Waals surface area contributed by atoms with Gasteiger partial charge in [0.1, 0.15) is 5.92 Å². The molecule has 0 radical (unpaired) electrons. The van der Waals surface area contributed by atoms with Crippen molar-refractivity contribution >= 4 is 11.9 Å². The number of rotatable bonds is 4. The minimum atomic E-state index is -0.929. The molecule has 6 heteroatoms. The summed E-state index contributed by atoms with van der Waals surface area (Å²) >= 11 is 0. The van der Waals surface area contributed by atoms with E-state index in [1.54, 1.807) is 35.1 Å². The second-order valence-corrected chi connectivity index (χ2v) is 7.15. The predicted molar refractivity (Wildman–Crippen MR) is 93.4 cm³/mol. The van der Waals surface area contributed by atoms with E-state index in [0.717, 1.165) is 11.1 Å². The van der Waals surface area contributed by atoms with Gasteiger partial charge in [0, 0.05) is 30.9 Å². The monoisotopic (exact) mass is 341 g/mol. The van der Waals surface area contributed by atoms with Crippen LogP contribution in [-0.2, 0) is 11.8 Å². The zero-order chi connectivity index (χ0) is 18.3. The van der Waals surface area contributed by atoms with Gasteiger partial charge in [-0.2, -0.15) is 5.10 Å². The summed E-state index contributed by atoms with van der Waals surface area (Å²) in [6.07, 6.45) is 3.45. The zero-order valence-electron chi connectivity index (χ0n) is 14.9. The first-order valence-corrected chi connectivity index (χ1v) is 8.42. The first-order chi connectivity index (χ1) is 11.8. The van der Waals surface area contributed by atoms with Crippen molar-refractivity contribution in [3.8, 4) is 0 Å². The molecular weight excluding hydrogens is 318 g/mol. The van der Waals surface area contributed by atoms with Gasteiger partial charge in [0.15, 0.2) is 0 Å². The van der Waals surface area contributed by atoms with Crippen molar-refractivity contribution in [1.82, 2.24) is 14.7 Å². The van der Waals surface area contributed by atoms with E-state index in [4.69, 9.17) is 0 Å². The smallest absolute Gasteiger partial charge is 0.313 e. The van der Waals surface area contributed by atoms with Crippen LogP contribution in [0.1, 0.15) is 52.9 Å². The average molecular weight is 341 g/mol. The molecule has 6 nitrogen and oxygen atoms in total. The molecule has 2 aromatic rings. The standard InChI is InChI=1S/C19H23N3O3/c1-11(2)9-22-17(13-8-20-21(4)10-13)16(19(24)25)15-7-12(3)5-6-14(15)18(22)23/h5-8,10-11,16-17H,9H2,1-4H3,(H,24,25). The van der Waals surface area contributed by atoms with Gasteiger partial charge in [0.05, 0.1) is 12.2 Å². The average Bonchev–Trinajstić information content (AvgIpc) is 2.94. The van der Waals surface area contributed by atoms with Crippen LogP contribution in [0.25, 0.3) is 0 Å². The maximum Gasteiger partial charge on any atom is 0.313 e. The summed E-state index contributed by atoms with van der Waals surface area (Å²) in [7, 11) is 1.79. The molecule has 1 aliphatic heterocycles. The summed E-state index contributed by atoms with van der Waals surface area (Å²) in [5.41, 5.74) is 2.77. The first-order valence-electron chi connectivity index (χ1n) is 8.42. The van der Waals surface area contributed by atoms with Crippen LogP contribution in [0.15, 0.2) is 30.6 Å². The highest BCUT2D eigenvalue weighted by atomic mass is 16.4. The lowest BCUT2D eigenvalue weighted by Crippen LogP contribution is -2.46. The number of benzene rings is 1. The molecule has 1 aromatic carbocycles. The summed E-state index contributed by atoms with van der Waals surface area (Å²) in [6, 6.07) is 4.86. The Morgan fingerprint density at radius 2 is 2.08 bits per heavy atom. The number of carbonyl (C=O) groups excluding carboxylic acids is 1. The van der Waals surface area contributed by atoms with E-state index in [0.29, 0.717) is 17.7 Å². The molecule has 0 fully saturated rings. The van der Waals surface area contributed by atoms with Crippen LogP contribution in [0.3, 0.4) is 0 Å². The van der Waals surface area contributed by atoms with Crippen molar-refractivity contribution in [2.24, 2.45) is 13.0 Å². The molecule has 2 atom stereocenters. The highest BCUT2D eigenvalue weighted by Crippen LogP contribution is 2.43. The number of fused-ring (bicyclic) bond motifs is 1. The number of carboxylic acids is 1. The minimum Gasteiger partial charge on any atom is -0.481 e. The Bertz CT molecular complexity index is 825. The Balaban J connectivity index is 2.22. The van der Waals surface area contributed by atoms with E-state index in [-0.39, 0.29) is 11.8 Å². The molecular formula is C19H23N3O3. The number of nitrogens with zero attached hydrogens (tertiary/aromatic N) is 3. The number of aliphatic carboxylic acids is 1. The highest BCUT2D eigenvalue weighted by molar-refractivity contribution is 6.00. The Morgan fingerprint density at radius 1 is 1.36 bits per heavy atom. The first kappa shape index (κ1) is 17.2. The topological polar surface area (TPSA) is 75.4 Å². The van der Waals surface area contributed by atoms with Crippen LogP contribution in [0.2, 0.25) is 0 Å². The largest absolute Gasteiger partial charge is 0.481 e. The zero-order valence-corrected chi connectivity index (χ0v) is 14.9. The third kappa shape index (κ3) is 3.04. The number of hydrogen-bond acceptors (Lipinski definition) is 3. The van der Waals surface area contributed by atoms with Crippen molar-refractivity contribution < 1.29 is 14.7 Å². The van der Waals surface area contributed by atoms with Gasteiger partial charge in [0.25, 0.3) is 5.91 Å². The molecule has 3 rings (SSSR count). The Kier molecular flexibility index (Phi) is 4.37. The molecule has 1 N–H and O–H groups in total. The number of hydrogen-bond donors (Lipinski definition) is 1. The summed E-state index contributed by atoms with van der Waals surface area (Å²) in [6.45, 7) is 6.45. The van der Waals surface area contributed by atoms with E-state index in [1.165, 1.54) is 0 Å². The molecule has 0 saturated carbocycles. The molecule has 2 unspecified atom stereocenters. The van der Waals surface area contributed by atoms with Gasteiger partial charge in [-0.05, 0) is 24.5 Å². The highest BCUT2D eigenvalue weighted by Gasteiger charge is 2.44. The third-order valence-electron chi connectivity index (χ3n) is 4.58. The molecule has 0 bridgehead atoms. The molecule has 132 valence electrons. The van der Waals surface area contributed by atoms with E-state index in [9.17, 15) is 14.7 Å². The van der Waals surface area contributed by atoms with Crippen molar-refractivity contribution in [2.45, 2.75) is 32.7 Å². The van der Waals surface area contributed by atoms with Crippen LogP contribution < -0.4 is 0 Å². The lowest BCUT2D eigenvalue weighted by molar-refractivity contribution is -0.140. The molecule has 1 aromatic heterocycles. The van der Waals surface area contributed by atoms with Crippen LogP contribution in [0, 0.1) is 12.8 Å². The summed E-state index contributed by atoms with van der Waals surface area (Å²) < 4.78 is 1.64. The maximum atomic E-state index is 13.1. The normalized spacial score (nSPS) is 20.0. The van der Waals surface area contributed by atoms with E-state index >= 15 is 0 Å². The predicted octanol–water partition coefficient (Wildman–Crippen LogP) is 2.75.